The molecule has 164 valence electrons. The van der Waals surface area contributed by atoms with Gasteiger partial charge in [0.1, 0.15) is 0 Å². The molecule has 0 radical (unpaired) electrons. The van der Waals surface area contributed by atoms with Crippen LogP contribution in [0.1, 0.15) is 93.4 Å². The van der Waals surface area contributed by atoms with Gasteiger partial charge in [0, 0.05) is 12.0 Å². The lowest BCUT2D eigenvalue weighted by Gasteiger charge is -2.56. The molecule has 4 fully saturated rings. The summed E-state index contributed by atoms with van der Waals surface area (Å²) in [4.78, 5) is 0. The number of aliphatic hydroxyl groups is 1. The predicted octanol–water partition coefficient (Wildman–Crippen LogP) is 4.38. The third-order valence-corrected chi connectivity index (χ3v) is 11.5. The number of aryl methyl sites for hydroxylation is 1. The smallest absolute Gasteiger partial charge is 0.336 e. The highest BCUT2D eigenvalue weighted by Crippen LogP contribution is 2.77. The van der Waals surface area contributed by atoms with E-state index < -0.39 is 15.9 Å². The zero-order chi connectivity index (χ0) is 20.9. The maximum Gasteiger partial charge on any atom is 0.336 e. The van der Waals surface area contributed by atoms with Gasteiger partial charge in [0.25, 0.3) is 0 Å². The summed E-state index contributed by atoms with van der Waals surface area (Å²) in [5, 5.41) is 11.4. The Labute approximate surface area is 179 Å². The van der Waals surface area contributed by atoms with Gasteiger partial charge in [0.2, 0.25) is 0 Å². The minimum atomic E-state index is -4.16. The lowest BCUT2D eigenvalue weighted by atomic mass is 9.48. The molecule has 6 rings (SSSR count). The molecule has 0 spiro atoms. The molecule has 4 aliphatic carbocycles. The number of rotatable bonds is 2. The van der Waals surface area contributed by atoms with E-state index >= 15 is 0 Å². The van der Waals surface area contributed by atoms with Gasteiger partial charge < -0.3 is 5.11 Å². The summed E-state index contributed by atoms with van der Waals surface area (Å²) in [6.45, 7) is 2.78. The van der Waals surface area contributed by atoms with Crippen molar-refractivity contribution in [3.63, 3.8) is 0 Å². The van der Waals surface area contributed by atoms with Gasteiger partial charge in [-0.3, -0.25) is 4.55 Å². The second kappa shape index (κ2) is 6.09. The van der Waals surface area contributed by atoms with Gasteiger partial charge in [0.05, 0.1) is 11.6 Å². The van der Waals surface area contributed by atoms with Gasteiger partial charge in [0.15, 0.2) is 0 Å². The molecule has 5 nitrogen and oxygen atoms in total. The predicted molar refractivity (Wildman–Crippen MR) is 114 cm³/mol. The molecule has 3 saturated carbocycles. The molecule has 2 N–H and O–H groups in total. The van der Waals surface area contributed by atoms with Crippen molar-refractivity contribution in [2.75, 3.05) is 6.54 Å². The van der Waals surface area contributed by atoms with Crippen LogP contribution in [0, 0.1) is 16.7 Å². The molecular weight excluding hydrogens is 398 g/mol. The SMILES string of the molecule is C[C@]12CCC3c4ccc(C5CCCN5S(=O)(=O)O)cc4CCC3[C@]13CC[C@]2(O)CC3. The molecule has 4 atom stereocenters. The van der Waals surface area contributed by atoms with Crippen molar-refractivity contribution < 1.29 is 18.1 Å². The summed E-state index contributed by atoms with van der Waals surface area (Å²) in [6, 6.07) is 6.36. The molecule has 1 aliphatic heterocycles. The largest absolute Gasteiger partial charge is 0.389 e. The van der Waals surface area contributed by atoms with Crippen molar-refractivity contribution in [1.82, 2.24) is 4.31 Å². The molecule has 3 unspecified atom stereocenters. The zero-order valence-corrected chi connectivity index (χ0v) is 18.6. The molecule has 5 aliphatic rings. The Kier molecular flexibility index (Phi) is 4.00. The van der Waals surface area contributed by atoms with Gasteiger partial charge in [-0.1, -0.05) is 25.1 Å². The summed E-state index contributed by atoms with van der Waals surface area (Å²) in [5.74, 6) is 1.23. The first-order valence-corrected chi connectivity index (χ1v) is 13.2. The maximum atomic E-state index is 11.8. The third-order valence-electron chi connectivity index (χ3n) is 10.4. The van der Waals surface area contributed by atoms with Crippen LogP contribution >= 0.6 is 0 Å². The van der Waals surface area contributed by atoms with Crippen molar-refractivity contribution in [3.05, 3.63) is 34.9 Å². The number of fused-ring (bicyclic) bond motifs is 3. The molecule has 1 saturated heterocycles. The molecule has 30 heavy (non-hydrogen) atoms. The standard InChI is InChI=1S/C24H33NO4S/c1-22-9-8-19-18-6-4-17(21-3-2-14-25(21)30(27,28)29)15-16(18)5-7-20(19)23(22)10-12-24(22,26)13-11-23/h4,6,15,19-21,26H,2-3,5,7-14H2,1H3,(H,27,28,29)/t19?,20?,21?,22-,23-,24+/m0/s1. The quantitative estimate of drug-likeness (QED) is 0.682. The van der Waals surface area contributed by atoms with Crippen molar-refractivity contribution in [2.24, 2.45) is 16.7 Å². The van der Waals surface area contributed by atoms with Crippen LogP contribution in [0.15, 0.2) is 18.2 Å². The molecular formula is C24H33NO4S. The van der Waals surface area contributed by atoms with E-state index in [1.807, 2.05) is 0 Å². The normalized spacial score (nSPS) is 45.2. The fourth-order valence-electron chi connectivity index (χ4n) is 8.89. The lowest BCUT2D eigenvalue weighted by molar-refractivity contribution is -0.101. The van der Waals surface area contributed by atoms with E-state index in [4.69, 9.17) is 0 Å². The molecule has 1 heterocycles. The van der Waals surface area contributed by atoms with E-state index in [-0.39, 0.29) is 11.5 Å². The van der Waals surface area contributed by atoms with Crippen molar-refractivity contribution in [2.45, 2.75) is 88.7 Å². The molecule has 1 aromatic carbocycles. The van der Waals surface area contributed by atoms with Crippen LogP contribution < -0.4 is 0 Å². The first-order valence-electron chi connectivity index (χ1n) is 11.8. The van der Waals surface area contributed by atoms with Crippen LogP contribution in [-0.4, -0.2) is 34.5 Å². The first kappa shape index (κ1) is 19.7. The number of hydrogen-bond donors (Lipinski definition) is 2. The average molecular weight is 432 g/mol. The van der Waals surface area contributed by atoms with Crippen LogP contribution in [0.25, 0.3) is 0 Å². The maximum absolute atomic E-state index is 11.8. The number of nitrogens with zero attached hydrogens (tertiary/aromatic N) is 1. The summed E-state index contributed by atoms with van der Waals surface area (Å²) < 4.78 is 34.4. The summed E-state index contributed by atoms with van der Waals surface area (Å²) >= 11 is 0. The summed E-state index contributed by atoms with van der Waals surface area (Å²) in [7, 11) is -4.16. The second-order valence-corrected chi connectivity index (χ2v) is 12.4. The average Bonchev–Trinajstić information content (AvgIpc) is 3.35. The molecule has 0 amide bonds. The van der Waals surface area contributed by atoms with E-state index in [1.54, 1.807) is 0 Å². The highest BCUT2D eigenvalue weighted by Gasteiger charge is 2.73. The molecule has 0 aromatic heterocycles. The van der Waals surface area contributed by atoms with E-state index in [1.165, 1.54) is 34.7 Å². The van der Waals surface area contributed by atoms with Crippen LogP contribution in [0.3, 0.4) is 0 Å². The monoisotopic (exact) mass is 431 g/mol. The minimum absolute atomic E-state index is 0.0818. The van der Waals surface area contributed by atoms with Gasteiger partial charge in [-0.05, 0) is 98.1 Å². The van der Waals surface area contributed by atoms with Crippen molar-refractivity contribution in [3.8, 4) is 0 Å². The summed E-state index contributed by atoms with van der Waals surface area (Å²) in [5.41, 5.74) is 3.81. The van der Waals surface area contributed by atoms with E-state index in [9.17, 15) is 18.1 Å². The topological polar surface area (TPSA) is 77.8 Å². The van der Waals surface area contributed by atoms with Crippen molar-refractivity contribution in [1.29, 1.82) is 0 Å². The van der Waals surface area contributed by atoms with Crippen LogP contribution in [-0.2, 0) is 16.7 Å². The van der Waals surface area contributed by atoms with E-state index in [0.29, 0.717) is 23.8 Å². The Morgan fingerprint density at radius 3 is 2.57 bits per heavy atom. The van der Waals surface area contributed by atoms with Gasteiger partial charge in [-0.2, -0.15) is 12.7 Å². The van der Waals surface area contributed by atoms with Gasteiger partial charge >= 0.3 is 10.3 Å². The lowest BCUT2D eigenvalue weighted by Crippen LogP contribution is -2.51. The van der Waals surface area contributed by atoms with E-state index in [0.717, 1.165) is 50.5 Å². The highest BCUT2D eigenvalue weighted by atomic mass is 32.2. The minimum Gasteiger partial charge on any atom is -0.389 e. The van der Waals surface area contributed by atoms with E-state index in [2.05, 4.69) is 25.1 Å². The Morgan fingerprint density at radius 1 is 1.07 bits per heavy atom. The zero-order valence-electron chi connectivity index (χ0n) is 17.8. The van der Waals surface area contributed by atoms with Gasteiger partial charge in [-0.25, -0.2) is 0 Å². The Balaban J connectivity index is 1.34. The van der Waals surface area contributed by atoms with Crippen molar-refractivity contribution >= 4 is 10.3 Å². The van der Waals surface area contributed by atoms with Crippen LogP contribution in [0.2, 0.25) is 0 Å². The fourth-order valence-corrected chi connectivity index (χ4v) is 9.80. The summed E-state index contributed by atoms with van der Waals surface area (Å²) in [6.07, 6.45) is 10.4. The first-order chi connectivity index (χ1) is 14.2. The van der Waals surface area contributed by atoms with Crippen LogP contribution in [0.4, 0.5) is 0 Å². The Morgan fingerprint density at radius 2 is 1.83 bits per heavy atom. The Hall–Kier alpha value is -0.950. The molecule has 2 bridgehead atoms. The van der Waals surface area contributed by atoms with Gasteiger partial charge in [-0.15, -0.1) is 0 Å². The number of benzene rings is 1. The Bertz CT molecular complexity index is 996. The second-order valence-electron chi connectivity index (χ2n) is 11.0. The number of hydrogen-bond acceptors (Lipinski definition) is 3. The molecule has 6 heteroatoms. The fraction of sp³-hybridized carbons (Fsp3) is 0.750. The third kappa shape index (κ3) is 2.31. The highest BCUT2D eigenvalue weighted by molar-refractivity contribution is 7.83. The molecule has 1 aromatic rings. The van der Waals surface area contributed by atoms with Crippen LogP contribution in [0.5, 0.6) is 0 Å².